The van der Waals surface area contributed by atoms with E-state index in [0.717, 1.165) is 40.3 Å². The summed E-state index contributed by atoms with van der Waals surface area (Å²) >= 11 is 1.37. The minimum Gasteiger partial charge on any atom is -0.369 e. The summed E-state index contributed by atoms with van der Waals surface area (Å²) in [6.45, 7) is 1.80. The molecule has 1 fully saturated rings. The standard InChI is InChI=1S/C16H17N5OS/c1-9(14(17)22)23-16-20-19-15(21(16)10-6-7-10)12-8-18-13-5-3-2-4-11(12)13/h2-5,8-10,18H,6-7H2,1H3,(H2,17,22)/t9-/m0/s1. The number of hydrogen-bond donors (Lipinski definition) is 2. The zero-order valence-electron chi connectivity index (χ0n) is 12.7. The van der Waals surface area contributed by atoms with E-state index in [2.05, 4.69) is 25.8 Å². The lowest BCUT2D eigenvalue weighted by Crippen LogP contribution is -2.23. The van der Waals surface area contributed by atoms with Crippen LogP contribution in [0.25, 0.3) is 22.3 Å². The molecule has 0 aliphatic heterocycles. The Morgan fingerprint density at radius 2 is 2.17 bits per heavy atom. The average molecular weight is 327 g/mol. The van der Waals surface area contributed by atoms with Gasteiger partial charge in [0.15, 0.2) is 11.0 Å². The van der Waals surface area contributed by atoms with Gasteiger partial charge in [-0.15, -0.1) is 10.2 Å². The Balaban J connectivity index is 1.80. The molecule has 3 aromatic rings. The number of nitrogens with one attached hydrogen (secondary N) is 1. The minimum atomic E-state index is -0.339. The second-order valence-corrected chi connectivity index (χ2v) is 7.13. The van der Waals surface area contributed by atoms with Gasteiger partial charge in [-0.1, -0.05) is 30.0 Å². The van der Waals surface area contributed by atoms with Crippen LogP contribution in [-0.2, 0) is 4.79 Å². The Kier molecular flexibility index (Phi) is 3.37. The fourth-order valence-corrected chi connectivity index (χ4v) is 3.55. The molecule has 0 spiro atoms. The number of fused-ring (bicyclic) bond motifs is 1. The monoisotopic (exact) mass is 327 g/mol. The molecule has 7 heteroatoms. The zero-order valence-corrected chi connectivity index (χ0v) is 13.5. The smallest absolute Gasteiger partial charge is 0.230 e. The van der Waals surface area contributed by atoms with Crippen molar-refractivity contribution >= 4 is 28.6 Å². The maximum Gasteiger partial charge on any atom is 0.230 e. The van der Waals surface area contributed by atoms with Crippen molar-refractivity contribution in [1.82, 2.24) is 19.7 Å². The van der Waals surface area contributed by atoms with Gasteiger partial charge in [-0.2, -0.15) is 0 Å². The summed E-state index contributed by atoms with van der Waals surface area (Å²) in [5, 5.41) is 10.3. The number of thioether (sulfide) groups is 1. The van der Waals surface area contributed by atoms with Crippen LogP contribution in [0.3, 0.4) is 0 Å². The van der Waals surface area contributed by atoms with Crippen LogP contribution in [-0.4, -0.2) is 30.9 Å². The molecule has 1 amide bonds. The molecule has 118 valence electrons. The van der Waals surface area contributed by atoms with E-state index in [0.29, 0.717) is 6.04 Å². The van der Waals surface area contributed by atoms with Gasteiger partial charge in [-0.25, -0.2) is 0 Å². The molecule has 0 saturated heterocycles. The van der Waals surface area contributed by atoms with Crippen LogP contribution in [0.4, 0.5) is 0 Å². The third kappa shape index (κ3) is 2.50. The normalized spacial score (nSPS) is 15.9. The largest absolute Gasteiger partial charge is 0.369 e. The molecule has 1 aromatic carbocycles. The molecule has 1 atom stereocenters. The number of para-hydroxylation sites is 1. The number of carbonyl (C=O) groups excluding carboxylic acids is 1. The van der Waals surface area contributed by atoms with E-state index < -0.39 is 0 Å². The quantitative estimate of drug-likeness (QED) is 0.705. The van der Waals surface area contributed by atoms with Crippen molar-refractivity contribution in [2.45, 2.75) is 36.2 Å². The van der Waals surface area contributed by atoms with E-state index in [4.69, 9.17) is 5.73 Å². The summed E-state index contributed by atoms with van der Waals surface area (Å²) in [6, 6.07) is 8.55. The molecule has 4 rings (SSSR count). The van der Waals surface area contributed by atoms with Crippen LogP contribution in [0, 0.1) is 0 Å². The first-order valence-corrected chi connectivity index (χ1v) is 8.50. The minimum absolute atomic E-state index is 0.326. The molecular formula is C16H17N5OS. The SMILES string of the molecule is C[C@H](Sc1nnc(-c2c[nH]c3ccccc23)n1C1CC1)C(N)=O. The number of rotatable bonds is 5. The number of primary amides is 1. The molecular weight excluding hydrogens is 310 g/mol. The Morgan fingerprint density at radius 3 is 2.91 bits per heavy atom. The van der Waals surface area contributed by atoms with Crippen molar-refractivity contribution in [2.75, 3.05) is 0 Å². The molecule has 0 radical (unpaired) electrons. The van der Waals surface area contributed by atoms with Crippen molar-refractivity contribution in [2.24, 2.45) is 5.73 Å². The third-order valence-electron chi connectivity index (χ3n) is 4.09. The molecule has 3 N–H and O–H groups in total. The molecule has 0 unspecified atom stereocenters. The van der Waals surface area contributed by atoms with Gasteiger partial charge in [-0.05, 0) is 25.8 Å². The van der Waals surface area contributed by atoms with E-state index in [1.165, 1.54) is 11.8 Å². The van der Waals surface area contributed by atoms with E-state index >= 15 is 0 Å². The van der Waals surface area contributed by atoms with Gasteiger partial charge in [-0.3, -0.25) is 9.36 Å². The number of aromatic nitrogens is 4. The number of carbonyl (C=O) groups is 1. The first-order chi connectivity index (χ1) is 11.1. The van der Waals surface area contributed by atoms with Gasteiger partial charge < -0.3 is 10.7 Å². The number of H-pyrrole nitrogens is 1. The molecule has 1 aliphatic carbocycles. The topological polar surface area (TPSA) is 89.6 Å². The molecule has 0 bridgehead atoms. The lowest BCUT2D eigenvalue weighted by atomic mass is 10.1. The van der Waals surface area contributed by atoms with Gasteiger partial charge in [0, 0.05) is 28.7 Å². The highest BCUT2D eigenvalue weighted by molar-refractivity contribution is 8.00. The molecule has 2 aromatic heterocycles. The molecule has 1 saturated carbocycles. The van der Waals surface area contributed by atoms with Crippen LogP contribution < -0.4 is 5.73 Å². The Bertz CT molecular complexity index is 880. The Morgan fingerprint density at radius 1 is 1.39 bits per heavy atom. The van der Waals surface area contributed by atoms with Gasteiger partial charge in [0.2, 0.25) is 5.91 Å². The number of nitrogens with zero attached hydrogens (tertiary/aromatic N) is 3. The van der Waals surface area contributed by atoms with E-state index in [1.807, 2.05) is 24.4 Å². The predicted octanol–water partition coefficient (Wildman–Crippen LogP) is 2.73. The summed E-state index contributed by atoms with van der Waals surface area (Å²) < 4.78 is 2.15. The molecule has 23 heavy (non-hydrogen) atoms. The fraction of sp³-hybridized carbons (Fsp3) is 0.312. The third-order valence-corrected chi connectivity index (χ3v) is 5.16. The van der Waals surface area contributed by atoms with Gasteiger partial charge >= 0.3 is 0 Å². The predicted molar refractivity (Wildman–Crippen MR) is 90.1 cm³/mol. The van der Waals surface area contributed by atoms with Crippen LogP contribution in [0.5, 0.6) is 0 Å². The molecule has 6 nitrogen and oxygen atoms in total. The summed E-state index contributed by atoms with van der Waals surface area (Å²) in [4.78, 5) is 14.6. The van der Waals surface area contributed by atoms with E-state index in [1.54, 1.807) is 6.92 Å². The van der Waals surface area contributed by atoms with Crippen molar-refractivity contribution in [3.63, 3.8) is 0 Å². The second-order valence-electron chi connectivity index (χ2n) is 5.82. The Hall–Kier alpha value is -2.28. The number of aromatic amines is 1. The fourth-order valence-electron chi connectivity index (χ4n) is 2.68. The van der Waals surface area contributed by atoms with Gasteiger partial charge in [0.25, 0.3) is 0 Å². The molecule has 1 aliphatic rings. The van der Waals surface area contributed by atoms with Crippen molar-refractivity contribution in [3.05, 3.63) is 30.5 Å². The van der Waals surface area contributed by atoms with Gasteiger partial charge in [0.05, 0.1) is 5.25 Å². The lowest BCUT2D eigenvalue weighted by molar-refractivity contribution is -0.117. The first-order valence-electron chi connectivity index (χ1n) is 7.62. The van der Waals surface area contributed by atoms with Crippen molar-refractivity contribution in [1.29, 1.82) is 0 Å². The highest BCUT2D eigenvalue weighted by Gasteiger charge is 2.31. The van der Waals surface area contributed by atoms with Crippen molar-refractivity contribution < 1.29 is 4.79 Å². The number of amides is 1. The highest BCUT2D eigenvalue weighted by Crippen LogP contribution is 2.42. The zero-order chi connectivity index (χ0) is 16.0. The first kappa shape index (κ1) is 14.3. The number of benzene rings is 1. The lowest BCUT2D eigenvalue weighted by Gasteiger charge is -2.10. The van der Waals surface area contributed by atoms with E-state index in [9.17, 15) is 4.79 Å². The summed E-state index contributed by atoms with van der Waals surface area (Å²) in [5.41, 5.74) is 7.50. The summed E-state index contributed by atoms with van der Waals surface area (Å²) in [5.74, 6) is 0.512. The summed E-state index contributed by atoms with van der Waals surface area (Å²) in [6.07, 6.45) is 4.21. The van der Waals surface area contributed by atoms with Crippen LogP contribution in [0.2, 0.25) is 0 Å². The van der Waals surface area contributed by atoms with Crippen molar-refractivity contribution in [3.8, 4) is 11.4 Å². The highest BCUT2D eigenvalue weighted by atomic mass is 32.2. The van der Waals surface area contributed by atoms with Crippen LogP contribution in [0.15, 0.2) is 35.6 Å². The number of nitrogens with two attached hydrogens (primary N) is 1. The Labute approximate surface area is 137 Å². The maximum atomic E-state index is 11.3. The van der Waals surface area contributed by atoms with Gasteiger partial charge in [0.1, 0.15) is 0 Å². The maximum absolute atomic E-state index is 11.3. The molecule has 2 heterocycles. The van der Waals surface area contributed by atoms with Crippen LogP contribution in [0.1, 0.15) is 25.8 Å². The van der Waals surface area contributed by atoms with Crippen LogP contribution >= 0.6 is 11.8 Å². The summed E-state index contributed by atoms with van der Waals surface area (Å²) in [7, 11) is 0. The van der Waals surface area contributed by atoms with E-state index in [-0.39, 0.29) is 11.2 Å². The average Bonchev–Trinajstić information content (AvgIpc) is 3.16. The number of hydrogen-bond acceptors (Lipinski definition) is 4. The second kappa shape index (κ2) is 5.42.